The molecule has 21 heavy (non-hydrogen) atoms. The maximum Gasteiger partial charge on any atom is 0.0640 e. The SMILES string of the molecule is CCCNC(Cc1ccn(C(C)CC)n1)Cc1cccs1. The van der Waals surface area contributed by atoms with Gasteiger partial charge in [-0.05, 0) is 50.2 Å². The molecule has 3 nitrogen and oxygen atoms in total. The van der Waals surface area contributed by atoms with Gasteiger partial charge in [-0.15, -0.1) is 11.3 Å². The van der Waals surface area contributed by atoms with E-state index in [-0.39, 0.29) is 0 Å². The number of hydrogen-bond acceptors (Lipinski definition) is 3. The van der Waals surface area contributed by atoms with E-state index < -0.39 is 0 Å². The molecule has 2 unspecified atom stereocenters. The summed E-state index contributed by atoms with van der Waals surface area (Å²) in [4.78, 5) is 1.45. The summed E-state index contributed by atoms with van der Waals surface area (Å²) in [7, 11) is 0. The predicted octanol–water partition coefficient (Wildman–Crippen LogP) is 4.07. The first kappa shape index (κ1) is 16.2. The highest BCUT2D eigenvalue weighted by molar-refractivity contribution is 7.09. The van der Waals surface area contributed by atoms with Gasteiger partial charge in [-0.2, -0.15) is 5.10 Å². The molecule has 0 spiro atoms. The maximum absolute atomic E-state index is 4.74. The lowest BCUT2D eigenvalue weighted by Gasteiger charge is -2.17. The predicted molar refractivity (Wildman–Crippen MR) is 91.0 cm³/mol. The van der Waals surface area contributed by atoms with Crippen molar-refractivity contribution in [3.05, 3.63) is 40.3 Å². The molecule has 0 radical (unpaired) electrons. The zero-order valence-corrected chi connectivity index (χ0v) is 14.2. The van der Waals surface area contributed by atoms with Crippen molar-refractivity contribution < 1.29 is 0 Å². The Bertz CT molecular complexity index is 504. The van der Waals surface area contributed by atoms with Crippen LogP contribution in [0.5, 0.6) is 0 Å². The van der Waals surface area contributed by atoms with E-state index in [9.17, 15) is 0 Å². The van der Waals surface area contributed by atoms with Gasteiger partial charge in [0.25, 0.3) is 0 Å². The van der Waals surface area contributed by atoms with Crippen molar-refractivity contribution in [1.82, 2.24) is 15.1 Å². The third kappa shape index (κ3) is 4.97. The topological polar surface area (TPSA) is 29.9 Å². The van der Waals surface area contributed by atoms with Crippen LogP contribution in [0.4, 0.5) is 0 Å². The Labute approximate surface area is 132 Å². The number of aromatic nitrogens is 2. The smallest absolute Gasteiger partial charge is 0.0640 e. The van der Waals surface area contributed by atoms with Crippen molar-refractivity contribution in [2.75, 3.05) is 6.54 Å². The second-order valence-corrected chi connectivity index (χ2v) is 6.72. The van der Waals surface area contributed by atoms with Gasteiger partial charge in [-0.3, -0.25) is 4.68 Å². The highest BCUT2D eigenvalue weighted by Crippen LogP contribution is 2.15. The molecule has 0 bridgehead atoms. The Balaban J connectivity index is 1.98. The zero-order valence-electron chi connectivity index (χ0n) is 13.4. The van der Waals surface area contributed by atoms with E-state index in [0.29, 0.717) is 12.1 Å². The highest BCUT2D eigenvalue weighted by atomic mass is 32.1. The molecular weight excluding hydrogens is 278 g/mol. The molecule has 2 atom stereocenters. The Hall–Kier alpha value is -1.13. The van der Waals surface area contributed by atoms with Crippen molar-refractivity contribution in [2.24, 2.45) is 0 Å². The minimum absolute atomic E-state index is 0.476. The molecule has 116 valence electrons. The average molecular weight is 305 g/mol. The van der Waals surface area contributed by atoms with Gasteiger partial charge in [0.2, 0.25) is 0 Å². The standard InChI is InChI=1S/C17H27N3S/c1-4-9-18-16(13-17-7-6-11-21-17)12-15-8-10-20(19-15)14(3)5-2/h6-8,10-11,14,16,18H,4-5,9,12-13H2,1-3H3. The first-order chi connectivity index (χ1) is 10.2. The Morgan fingerprint density at radius 3 is 2.81 bits per heavy atom. The minimum atomic E-state index is 0.476. The van der Waals surface area contributed by atoms with Crippen molar-refractivity contribution in [2.45, 2.75) is 58.5 Å². The number of rotatable bonds is 9. The van der Waals surface area contributed by atoms with Gasteiger partial charge in [0.05, 0.1) is 5.69 Å². The van der Waals surface area contributed by atoms with Crippen LogP contribution in [0.3, 0.4) is 0 Å². The molecule has 2 aromatic rings. The molecule has 4 heteroatoms. The lowest BCUT2D eigenvalue weighted by Crippen LogP contribution is -2.33. The largest absolute Gasteiger partial charge is 0.313 e. The van der Waals surface area contributed by atoms with Crippen LogP contribution in [0.15, 0.2) is 29.8 Å². The van der Waals surface area contributed by atoms with E-state index in [1.165, 1.54) is 17.0 Å². The van der Waals surface area contributed by atoms with Crippen molar-refractivity contribution in [1.29, 1.82) is 0 Å². The van der Waals surface area contributed by atoms with Crippen LogP contribution in [0.2, 0.25) is 0 Å². The van der Waals surface area contributed by atoms with Crippen LogP contribution < -0.4 is 5.32 Å². The third-order valence-electron chi connectivity index (χ3n) is 3.87. The summed E-state index contributed by atoms with van der Waals surface area (Å²) >= 11 is 1.84. The van der Waals surface area contributed by atoms with Gasteiger partial charge in [0, 0.05) is 29.6 Å². The lowest BCUT2D eigenvalue weighted by molar-refractivity contribution is 0.462. The van der Waals surface area contributed by atoms with E-state index in [1.807, 2.05) is 11.3 Å². The van der Waals surface area contributed by atoms with Gasteiger partial charge in [-0.25, -0.2) is 0 Å². The monoisotopic (exact) mass is 305 g/mol. The van der Waals surface area contributed by atoms with Gasteiger partial charge in [0.15, 0.2) is 0 Å². The molecule has 2 heterocycles. The summed E-state index contributed by atoms with van der Waals surface area (Å²) in [5.74, 6) is 0. The minimum Gasteiger partial charge on any atom is -0.313 e. The third-order valence-corrected chi connectivity index (χ3v) is 4.77. The average Bonchev–Trinajstić information content (AvgIpc) is 3.15. The van der Waals surface area contributed by atoms with E-state index in [1.54, 1.807) is 0 Å². The van der Waals surface area contributed by atoms with Crippen LogP contribution in [0.25, 0.3) is 0 Å². The van der Waals surface area contributed by atoms with Gasteiger partial charge in [-0.1, -0.05) is 19.9 Å². The summed E-state index contributed by atoms with van der Waals surface area (Å²) in [6.07, 6.45) is 6.50. The zero-order chi connectivity index (χ0) is 15.1. The first-order valence-corrected chi connectivity index (χ1v) is 8.90. The molecule has 0 aromatic carbocycles. The van der Waals surface area contributed by atoms with Crippen LogP contribution >= 0.6 is 11.3 Å². The molecule has 0 aliphatic rings. The van der Waals surface area contributed by atoms with Crippen LogP contribution in [0, 0.1) is 0 Å². The van der Waals surface area contributed by atoms with Gasteiger partial charge < -0.3 is 5.32 Å². The molecule has 0 aliphatic heterocycles. The van der Waals surface area contributed by atoms with E-state index in [4.69, 9.17) is 5.10 Å². The fraction of sp³-hybridized carbons (Fsp3) is 0.588. The molecule has 2 aromatic heterocycles. The molecule has 2 rings (SSSR count). The summed E-state index contributed by atoms with van der Waals surface area (Å²) < 4.78 is 2.09. The Morgan fingerprint density at radius 2 is 2.14 bits per heavy atom. The van der Waals surface area contributed by atoms with Crippen molar-refractivity contribution in [3.8, 4) is 0 Å². The van der Waals surface area contributed by atoms with Gasteiger partial charge >= 0.3 is 0 Å². The quantitative estimate of drug-likeness (QED) is 0.757. The molecule has 1 N–H and O–H groups in total. The van der Waals surface area contributed by atoms with E-state index in [2.05, 4.69) is 60.5 Å². The molecule has 0 fully saturated rings. The number of nitrogens with one attached hydrogen (secondary N) is 1. The molecule has 0 saturated carbocycles. The summed E-state index contributed by atoms with van der Waals surface area (Å²) in [6.45, 7) is 7.71. The number of hydrogen-bond donors (Lipinski definition) is 1. The Morgan fingerprint density at radius 1 is 1.29 bits per heavy atom. The fourth-order valence-electron chi connectivity index (χ4n) is 2.41. The molecular formula is C17H27N3S. The van der Waals surface area contributed by atoms with Crippen molar-refractivity contribution in [3.63, 3.8) is 0 Å². The summed E-state index contributed by atoms with van der Waals surface area (Å²) in [5.41, 5.74) is 1.19. The summed E-state index contributed by atoms with van der Waals surface area (Å²) in [6, 6.07) is 7.49. The summed E-state index contributed by atoms with van der Waals surface area (Å²) in [5, 5.41) is 10.6. The number of nitrogens with zero attached hydrogens (tertiary/aromatic N) is 2. The van der Waals surface area contributed by atoms with Crippen LogP contribution in [0.1, 0.15) is 50.2 Å². The van der Waals surface area contributed by atoms with Gasteiger partial charge in [0.1, 0.15) is 0 Å². The van der Waals surface area contributed by atoms with E-state index in [0.717, 1.165) is 25.8 Å². The van der Waals surface area contributed by atoms with Crippen molar-refractivity contribution >= 4 is 11.3 Å². The van der Waals surface area contributed by atoms with E-state index >= 15 is 0 Å². The van der Waals surface area contributed by atoms with Crippen LogP contribution in [-0.2, 0) is 12.8 Å². The highest BCUT2D eigenvalue weighted by Gasteiger charge is 2.13. The Kier molecular flexibility index (Phi) is 6.46. The second-order valence-electron chi connectivity index (χ2n) is 5.68. The fourth-order valence-corrected chi connectivity index (χ4v) is 3.19. The normalized spacial score (nSPS) is 14.2. The number of thiophene rings is 1. The molecule has 0 saturated heterocycles. The molecule has 0 amide bonds. The molecule has 0 aliphatic carbocycles. The van der Waals surface area contributed by atoms with Crippen LogP contribution in [-0.4, -0.2) is 22.4 Å². The first-order valence-electron chi connectivity index (χ1n) is 8.02. The maximum atomic E-state index is 4.74. The lowest BCUT2D eigenvalue weighted by atomic mass is 10.1. The second kappa shape index (κ2) is 8.35.